The second-order valence-corrected chi connectivity index (χ2v) is 5.02. The van der Waals surface area contributed by atoms with E-state index in [-0.39, 0.29) is 24.7 Å². The van der Waals surface area contributed by atoms with Gasteiger partial charge in [-0.3, -0.25) is 4.79 Å². The van der Waals surface area contributed by atoms with E-state index in [2.05, 4.69) is 6.58 Å². The number of carbonyl (C=O) groups is 2. The first-order chi connectivity index (χ1) is 8.63. The lowest BCUT2D eigenvalue weighted by Gasteiger charge is -2.33. The molecule has 1 amide bonds. The van der Waals surface area contributed by atoms with E-state index in [9.17, 15) is 9.59 Å². The van der Waals surface area contributed by atoms with Crippen molar-refractivity contribution in [3.05, 3.63) is 12.7 Å². The second-order valence-electron chi connectivity index (χ2n) is 5.02. The molecule has 1 unspecified atom stereocenters. The number of carboxylic acids is 1. The summed E-state index contributed by atoms with van der Waals surface area (Å²) in [6, 6.07) is 0.0390. The van der Waals surface area contributed by atoms with Crippen molar-refractivity contribution < 1.29 is 19.4 Å². The predicted molar refractivity (Wildman–Crippen MR) is 65.1 cm³/mol. The first-order valence-electron chi connectivity index (χ1n) is 6.40. The fourth-order valence-electron chi connectivity index (χ4n) is 3.06. The van der Waals surface area contributed by atoms with Gasteiger partial charge in [-0.1, -0.05) is 12.7 Å². The number of ether oxygens (including phenoxy) is 1. The first kappa shape index (κ1) is 12.9. The Kier molecular flexibility index (Phi) is 3.89. The molecule has 1 aliphatic carbocycles. The number of nitrogens with zero attached hydrogens (tertiary/aromatic N) is 1. The Bertz CT molecular complexity index is 355. The van der Waals surface area contributed by atoms with Crippen LogP contribution >= 0.6 is 0 Å². The van der Waals surface area contributed by atoms with E-state index in [4.69, 9.17) is 9.84 Å². The molecule has 0 aromatic rings. The number of carboxylic acid groups (broad SMARTS) is 1. The Morgan fingerprint density at radius 3 is 2.83 bits per heavy atom. The quantitative estimate of drug-likeness (QED) is 0.780. The van der Waals surface area contributed by atoms with Gasteiger partial charge in [-0.25, -0.2) is 4.79 Å². The van der Waals surface area contributed by atoms with Crippen molar-refractivity contribution in [3.63, 3.8) is 0 Å². The number of hydrogen-bond donors (Lipinski definition) is 1. The highest BCUT2D eigenvalue weighted by atomic mass is 16.6. The van der Waals surface area contributed by atoms with Crippen LogP contribution in [0.5, 0.6) is 0 Å². The lowest BCUT2D eigenvalue weighted by Crippen LogP contribution is -2.42. The van der Waals surface area contributed by atoms with E-state index in [1.165, 1.54) is 6.08 Å². The smallest absolute Gasteiger partial charge is 0.410 e. The Morgan fingerprint density at radius 2 is 2.17 bits per heavy atom. The topological polar surface area (TPSA) is 66.8 Å². The molecule has 2 aliphatic rings. The largest absolute Gasteiger partial charge is 0.481 e. The molecule has 5 heteroatoms. The van der Waals surface area contributed by atoms with Crippen molar-refractivity contribution in [1.82, 2.24) is 4.90 Å². The molecule has 3 atom stereocenters. The SMILES string of the molecule is C=CCOC(=O)N1CC[C@H]2CCC(C(=O)O)C[C@H]21. The first-order valence-corrected chi connectivity index (χ1v) is 6.40. The minimum absolute atomic E-state index is 0.0390. The summed E-state index contributed by atoms with van der Waals surface area (Å²) in [5, 5.41) is 9.08. The monoisotopic (exact) mass is 253 g/mol. The third-order valence-electron chi connectivity index (χ3n) is 4.01. The molecular formula is C13H19NO4. The molecule has 1 saturated carbocycles. The molecule has 1 saturated heterocycles. The molecule has 5 nitrogen and oxygen atoms in total. The average Bonchev–Trinajstić information content (AvgIpc) is 2.78. The molecule has 0 spiro atoms. The van der Waals surface area contributed by atoms with Crippen LogP contribution in [0.3, 0.4) is 0 Å². The fraction of sp³-hybridized carbons (Fsp3) is 0.692. The molecule has 0 aromatic heterocycles. The molecule has 1 heterocycles. The van der Waals surface area contributed by atoms with Crippen molar-refractivity contribution >= 4 is 12.1 Å². The van der Waals surface area contributed by atoms with E-state index < -0.39 is 5.97 Å². The van der Waals surface area contributed by atoms with Crippen LogP contribution in [0.2, 0.25) is 0 Å². The molecule has 100 valence electrons. The molecule has 1 N–H and O–H groups in total. The van der Waals surface area contributed by atoms with Crippen LogP contribution in [0.25, 0.3) is 0 Å². The number of fused-ring (bicyclic) bond motifs is 1. The van der Waals surface area contributed by atoms with Crippen LogP contribution in [-0.2, 0) is 9.53 Å². The third kappa shape index (κ3) is 2.49. The summed E-state index contributed by atoms with van der Waals surface area (Å²) in [4.78, 5) is 24.6. The predicted octanol–water partition coefficient (Wildman–Crippen LogP) is 1.88. The highest BCUT2D eigenvalue weighted by Crippen LogP contribution is 2.39. The van der Waals surface area contributed by atoms with E-state index in [0.717, 1.165) is 19.3 Å². The number of carbonyl (C=O) groups excluding carboxylic acids is 1. The van der Waals surface area contributed by atoms with Gasteiger partial charge in [0.1, 0.15) is 6.61 Å². The summed E-state index contributed by atoms with van der Waals surface area (Å²) in [5.74, 6) is -0.629. The van der Waals surface area contributed by atoms with Crippen LogP contribution in [0.1, 0.15) is 25.7 Å². The number of likely N-dealkylation sites (tertiary alicyclic amines) is 1. The number of hydrogen-bond acceptors (Lipinski definition) is 3. The molecule has 0 bridgehead atoms. The van der Waals surface area contributed by atoms with Crippen LogP contribution in [0, 0.1) is 11.8 Å². The summed E-state index contributed by atoms with van der Waals surface area (Å²) in [6.07, 6.45) is 4.34. The fourth-order valence-corrected chi connectivity index (χ4v) is 3.06. The number of amides is 1. The van der Waals surface area contributed by atoms with Gasteiger partial charge in [-0.15, -0.1) is 0 Å². The van der Waals surface area contributed by atoms with Crippen molar-refractivity contribution in [2.75, 3.05) is 13.2 Å². The van der Waals surface area contributed by atoms with Crippen molar-refractivity contribution in [3.8, 4) is 0 Å². The highest BCUT2D eigenvalue weighted by Gasteiger charge is 2.43. The molecule has 0 radical (unpaired) electrons. The number of rotatable bonds is 3. The van der Waals surface area contributed by atoms with Gasteiger partial charge in [0.05, 0.1) is 5.92 Å². The van der Waals surface area contributed by atoms with Gasteiger partial charge in [0.2, 0.25) is 0 Å². The van der Waals surface area contributed by atoms with E-state index >= 15 is 0 Å². The summed E-state index contributed by atoms with van der Waals surface area (Å²) >= 11 is 0. The summed E-state index contributed by atoms with van der Waals surface area (Å²) in [7, 11) is 0. The zero-order valence-corrected chi connectivity index (χ0v) is 10.4. The van der Waals surface area contributed by atoms with Gasteiger partial charge >= 0.3 is 12.1 Å². The standard InChI is InChI=1S/C13H19NO4/c1-2-7-18-13(17)14-6-5-9-3-4-10(12(15)16)8-11(9)14/h2,9-11H,1,3-8H2,(H,15,16)/t9-,10?,11-/m1/s1. The molecule has 0 aromatic carbocycles. The van der Waals surface area contributed by atoms with Crippen molar-refractivity contribution in [2.24, 2.45) is 11.8 Å². The Labute approximate surface area is 106 Å². The lowest BCUT2D eigenvalue weighted by molar-refractivity contribution is -0.143. The third-order valence-corrected chi connectivity index (χ3v) is 4.01. The minimum atomic E-state index is -0.750. The van der Waals surface area contributed by atoms with Crippen LogP contribution in [0.15, 0.2) is 12.7 Å². The van der Waals surface area contributed by atoms with Crippen LogP contribution < -0.4 is 0 Å². The molecule has 2 rings (SSSR count). The van der Waals surface area contributed by atoms with Crippen molar-refractivity contribution in [2.45, 2.75) is 31.7 Å². The Morgan fingerprint density at radius 1 is 1.39 bits per heavy atom. The lowest BCUT2D eigenvalue weighted by atomic mass is 9.79. The van der Waals surface area contributed by atoms with E-state index in [1.807, 2.05) is 0 Å². The summed E-state index contributed by atoms with van der Waals surface area (Å²) in [6.45, 7) is 4.38. The zero-order chi connectivity index (χ0) is 13.1. The maximum atomic E-state index is 11.8. The summed E-state index contributed by atoms with van der Waals surface area (Å²) < 4.78 is 5.04. The Hall–Kier alpha value is -1.52. The van der Waals surface area contributed by atoms with Gasteiger partial charge in [-0.2, -0.15) is 0 Å². The highest BCUT2D eigenvalue weighted by molar-refractivity contribution is 5.71. The molecular weight excluding hydrogens is 234 g/mol. The van der Waals surface area contributed by atoms with Gasteiger partial charge in [-0.05, 0) is 31.6 Å². The maximum absolute atomic E-state index is 11.8. The normalized spacial score (nSPS) is 30.7. The number of aliphatic carboxylic acids is 1. The molecule has 1 aliphatic heterocycles. The van der Waals surface area contributed by atoms with Gasteiger partial charge in [0.15, 0.2) is 0 Å². The maximum Gasteiger partial charge on any atom is 0.410 e. The van der Waals surface area contributed by atoms with Gasteiger partial charge < -0.3 is 14.7 Å². The summed E-state index contributed by atoms with van der Waals surface area (Å²) in [5.41, 5.74) is 0. The molecule has 18 heavy (non-hydrogen) atoms. The van der Waals surface area contributed by atoms with E-state index in [0.29, 0.717) is 18.9 Å². The van der Waals surface area contributed by atoms with Gasteiger partial charge in [0.25, 0.3) is 0 Å². The van der Waals surface area contributed by atoms with E-state index in [1.54, 1.807) is 4.90 Å². The van der Waals surface area contributed by atoms with Crippen LogP contribution in [-0.4, -0.2) is 41.3 Å². The molecule has 2 fully saturated rings. The minimum Gasteiger partial charge on any atom is -0.481 e. The van der Waals surface area contributed by atoms with Crippen LogP contribution in [0.4, 0.5) is 4.79 Å². The second kappa shape index (κ2) is 5.42. The van der Waals surface area contributed by atoms with Gasteiger partial charge in [0, 0.05) is 12.6 Å². The zero-order valence-electron chi connectivity index (χ0n) is 10.4. The van der Waals surface area contributed by atoms with Crippen molar-refractivity contribution in [1.29, 1.82) is 0 Å². The Balaban J connectivity index is 1.99. The average molecular weight is 253 g/mol.